The van der Waals surface area contributed by atoms with Crippen LogP contribution in [0.4, 0.5) is 11.5 Å². The molecule has 182 valence electrons. The number of hydrogen-bond acceptors (Lipinski definition) is 6. The van der Waals surface area contributed by atoms with Crippen molar-refractivity contribution < 1.29 is 9.53 Å². The van der Waals surface area contributed by atoms with Gasteiger partial charge in [0, 0.05) is 24.7 Å². The Balaban J connectivity index is 2.42. The monoisotopic (exact) mass is 459 g/mol. The van der Waals surface area contributed by atoms with Crippen LogP contribution >= 0.6 is 0 Å². The standard InChI is InChI=1S/C24H37N5O4/c1-15(2)12-28(21-22(25)29(13-16(3)4)24(32)26-23(21)31)20(30)14-27(6)17(5)18-10-8-9-11-19(18)33-7/h8-11,15-17H,12-14,25H2,1-7H3,(H,26,31,32). The Labute approximate surface area is 195 Å². The van der Waals surface area contributed by atoms with Gasteiger partial charge in [-0.3, -0.25) is 24.0 Å². The Morgan fingerprint density at radius 3 is 2.33 bits per heavy atom. The zero-order chi connectivity index (χ0) is 24.9. The first kappa shape index (κ1) is 26.2. The largest absolute Gasteiger partial charge is 0.496 e. The van der Waals surface area contributed by atoms with Crippen LogP contribution in [0.5, 0.6) is 5.75 Å². The molecule has 0 saturated carbocycles. The number of amides is 1. The van der Waals surface area contributed by atoms with E-state index in [0.29, 0.717) is 13.1 Å². The molecule has 1 amide bonds. The Morgan fingerprint density at radius 1 is 1.12 bits per heavy atom. The summed E-state index contributed by atoms with van der Waals surface area (Å²) in [5.41, 5.74) is 6.02. The van der Waals surface area contributed by atoms with Crippen molar-refractivity contribution in [2.45, 2.75) is 47.2 Å². The molecule has 0 fully saturated rings. The minimum absolute atomic E-state index is 0.00637. The van der Waals surface area contributed by atoms with Gasteiger partial charge in [-0.25, -0.2) is 4.79 Å². The molecule has 0 bridgehead atoms. The highest BCUT2D eigenvalue weighted by Crippen LogP contribution is 2.28. The number of benzene rings is 1. The second-order valence-corrected chi connectivity index (χ2v) is 9.23. The Morgan fingerprint density at radius 2 is 1.76 bits per heavy atom. The summed E-state index contributed by atoms with van der Waals surface area (Å²) in [6, 6.07) is 7.54. The van der Waals surface area contributed by atoms with Gasteiger partial charge in [0.15, 0.2) is 5.69 Å². The zero-order valence-electron chi connectivity index (χ0n) is 20.7. The molecule has 1 aromatic heterocycles. The van der Waals surface area contributed by atoms with Crippen molar-refractivity contribution in [2.75, 3.05) is 37.9 Å². The third-order valence-electron chi connectivity index (χ3n) is 5.52. The number of likely N-dealkylation sites (N-methyl/N-ethyl adjacent to an activating group) is 1. The lowest BCUT2D eigenvalue weighted by molar-refractivity contribution is -0.120. The maximum absolute atomic E-state index is 13.5. The van der Waals surface area contributed by atoms with Crippen LogP contribution in [0.3, 0.4) is 0 Å². The number of H-pyrrole nitrogens is 1. The lowest BCUT2D eigenvalue weighted by Gasteiger charge is -2.30. The fourth-order valence-corrected chi connectivity index (χ4v) is 3.75. The molecule has 1 atom stereocenters. The van der Waals surface area contributed by atoms with E-state index >= 15 is 0 Å². The first-order valence-electron chi connectivity index (χ1n) is 11.2. The maximum Gasteiger partial charge on any atom is 0.330 e. The molecule has 0 aliphatic heterocycles. The number of anilines is 2. The number of aromatic nitrogens is 2. The van der Waals surface area contributed by atoms with Crippen LogP contribution in [-0.2, 0) is 11.3 Å². The second kappa shape index (κ2) is 11.2. The summed E-state index contributed by atoms with van der Waals surface area (Å²) in [6.07, 6.45) is 0. The Bertz CT molecular complexity index is 1070. The summed E-state index contributed by atoms with van der Waals surface area (Å²) < 4.78 is 6.78. The van der Waals surface area contributed by atoms with Gasteiger partial charge in [0.1, 0.15) is 11.6 Å². The van der Waals surface area contributed by atoms with E-state index < -0.39 is 11.2 Å². The number of para-hydroxylation sites is 1. The average Bonchev–Trinajstić information content (AvgIpc) is 2.74. The zero-order valence-corrected chi connectivity index (χ0v) is 20.7. The van der Waals surface area contributed by atoms with E-state index in [2.05, 4.69) is 4.98 Å². The van der Waals surface area contributed by atoms with Gasteiger partial charge in [-0.2, -0.15) is 0 Å². The van der Waals surface area contributed by atoms with E-state index in [0.717, 1.165) is 11.3 Å². The number of nitrogens with zero attached hydrogens (tertiary/aromatic N) is 3. The highest BCUT2D eigenvalue weighted by molar-refractivity contribution is 5.96. The maximum atomic E-state index is 13.5. The lowest BCUT2D eigenvalue weighted by atomic mass is 10.1. The van der Waals surface area contributed by atoms with Gasteiger partial charge in [0.05, 0.1) is 13.7 Å². The van der Waals surface area contributed by atoms with Crippen molar-refractivity contribution in [1.82, 2.24) is 14.5 Å². The summed E-state index contributed by atoms with van der Waals surface area (Å²) in [5, 5.41) is 0. The van der Waals surface area contributed by atoms with Crippen LogP contribution in [0, 0.1) is 11.8 Å². The first-order chi connectivity index (χ1) is 15.5. The molecule has 9 heteroatoms. The number of rotatable bonds is 10. The van der Waals surface area contributed by atoms with E-state index in [1.807, 2.05) is 70.8 Å². The SMILES string of the molecule is COc1ccccc1C(C)N(C)CC(=O)N(CC(C)C)c1c(N)n(CC(C)C)c(=O)[nH]c1=O. The predicted octanol–water partition coefficient (Wildman–Crippen LogP) is 2.47. The van der Waals surface area contributed by atoms with Crippen molar-refractivity contribution in [3.8, 4) is 5.75 Å². The molecule has 0 radical (unpaired) electrons. The summed E-state index contributed by atoms with van der Waals surface area (Å²) in [6.45, 7) is 10.5. The minimum atomic E-state index is -0.660. The highest BCUT2D eigenvalue weighted by atomic mass is 16.5. The van der Waals surface area contributed by atoms with Gasteiger partial charge in [-0.15, -0.1) is 0 Å². The number of ether oxygens (including phenoxy) is 1. The van der Waals surface area contributed by atoms with Crippen LogP contribution < -0.4 is 26.6 Å². The fourth-order valence-electron chi connectivity index (χ4n) is 3.75. The quantitative estimate of drug-likeness (QED) is 0.564. The van der Waals surface area contributed by atoms with Crippen molar-refractivity contribution >= 4 is 17.4 Å². The molecule has 0 aliphatic carbocycles. The van der Waals surface area contributed by atoms with E-state index in [-0.39, 0.29) is 41.8 Å². The van der Waals surface area contributed by atoms with Crippen LogP contribution in [0.1, 0.15) is 46.2 Å². The minimum Gasteiger partial charge on any atom is -0.496 e. The summed E-state index contributed by atoms with van der Waals surface area (Å²) in [4.78, 5) is 44.2. The van der Waals surface area contributed by atoms with Crippen LogP contribution in [-0.4, -0.2) is 47.6 Å². The molecular weight excluding hydrogens is 422 g/mol. The van der Waals surface area contributed by atoms with Gasteiger partial charge < -0.3 is 15.4 Å². The number of nitrogens with one attached hydrogen (secondary N) is 1. The molecule has 0 aliphatic rings. The molecule has 2 aromatic rings. The van der Waals surface area contributed by atoms with Crippen molar-refractivity contribution in [2.24, 2.45) is 11.8 Å². The number of hydrogen-bond donors (Lipinski definition) is 2. The van der Waals surface area contributed by atoms with Gasteiger partial charge in [0.25, 0.3) is 5.56 Å². The first-order valence-corrected chi connectivity index (χ1v) is 11.2. The summed E-state index contributed by atoms with van der Waals surface area (Å²) in [5.74, 6) is 0.678. The Hall–Kier alpha value is -3.07. The van der Waals surface area contributed by atoms with E-state index in [4.69, 9.17) is 10.5 Å². The molecular formula is C24H37N5O4. The third kappa shape index (κ3) is 6.25. The lowest BCUT2D eigenvalue weighted by Crippen LogP contribution is -2.46. The summed E-state index contributed by atoms with van der Waals surface area (Å²) in [7, 11) is 3.46. The van der Waals surface area contributed by atoms with Crippen molar-refractivity contribution in [3.05, 3.63) is 50.7 Å². The molecule has 1 heterocycles. The molecule has 33 heavy (non-hydrogen) atoms. The van der Waals surface area contributed by atoms with E-state index in [9.17, 15) is 14.4 Å². The topological polar surface area (TPSA) is 114 Å². The van der Waals surface area contributed by atoms with Crippen LogP contribution in [0.15, 0.2) is 33.9 Å². The number of aromatic amines is 1. The normalized spacial score (nSPS) is 12.4. The average molecular weight is 460 g/mol. The molecule has 0 spiro atoms. The van der Waals surface area contributed by atoms with Crippen molar-refractivity contribution in [1.29, 1.82) is 0 Å². The number of carbonyl (C=O) groups excluding carboxylic acids is 1. The predicted molar refractivity (Wildman–Crippen MR) is 132 cm³/mol. The van der Waals surface area contributed by atoms with Gasteiger partial charge in [0.2, 0.25) is 5.91 Å². The number of methoxy groups -OCH3 is 1. The molecule has 0 saturated heterocycles. The molecule has 9 nitrogen and oxygen atoms in total. The number of nitrogens with two attached hydrogens (primary N) is 1. The number of nitrogen functional groups attached to an aromatic ring is 1. The molecule has 1 unspecified atom stereocenters. The van der Waals surface area contributed by atoms with E-state index in [1.165, 1.54) is 9.47 Å². The van der Waals surface area contributed by atoms with Crippen LogP contribution in [0.2, 0.25) is 0 Å². The highest BCUT2D eigenvalue weighted by Gasteiger charge is 2.27. The number of carbonyl (C=O) groups is 1. The molecule has 1 aromatic carbocycles. The van der Waals surface area contributed by atoms with Crippen molar-refractivity contribution in [3.63, 3.8) is 0 Å². The molecule has 2 rings (SSSR count). The van der Waals surface area contributed by atoms with Gasteiger partial charge in [-0.05, 0) is 31.9 Å². The Kier molecular flexibility index (Phi) is 8.87. The van der Waals surface area contributed by atoms with Gasteiger partial charge in [-0.1, -0.05) is 45.9 Å². The van der Waals surface area contributed by atoms with Crippen LogP contribution in [0.25, 0.3) is 0 Å². The van der Waals surface area contributed by atoms with E-state index in [1.54, 1.807) is 7.11 Å². The fraction of sp³-hybridized carbons (Fsp3) is 0.542. The summed E-state index contributed by atoms with van der Waals surface area (Å²) >= 11 is 0. The second-order valence-electron chi connectivity index (χ2n) is 9.23. The molecule has 3 N–H and O–H groups in total. The third-order valence-corrected chi connectivity index (χ3v) is 5.52. The smallest absolute Gasteiger partial charge is 0.330 e. The van der Waals surface area contributed by atoms with Gasteiger partial charge >= 0.3 is 5.69 Å².